The number of carbonyl (C=O) groups is 1. The Morgan fingerprint density at radius 1 is 1.07 bits per heavy atom. The molecule has 27 heavy (non-hydrogen) atoms. The van der Waals surface area contributed by atoms with Crippen LogP contribution >= 0.6 is 0 Å². The van der Waals surface area contributed by atoms with E-state index >= 15 is 0 Å². The lowest BCUT2D eigenvalue weighted by molar-refractivity contribution is -0.127. The minimum atomic E-state index is -0.0168. The monoisotopic (exact) mass is 366 g/mol. The number of hydrogen-bond acceptors (Lipinski definition) is 4. The molecule has 0 radical (unpaired) electrons. The van der Waals surface area contributed by atoms with Gasteiger partial charge in [0.2, 0.25) is 5.91 Å². The number of benzene rings is 2. The molecule has 0 saturated heterocycles. The zero-order chi connectivity index (χ0) is 18.8. The van der Waals surface area contributed by atoms with Crippen LogP contribution in [0.15, 0.2) is 48.5 Å². The molecule has 4 unspecified atom stereocenters. The number of fused-ring (bicyclic) bond motifs is 2. The Kier molecular flexibility index (Phi) is 5.03. The molecule has 4 rings (SSSR count). The van der Waals surface area contributed by atoms with E-state index in [1.807, 2.05) is 48.5 Å². The summed E-state index contributed by atoms with van der Waals surface area (Å²) in [5.41, 5.74) is 7.30. The summed E-state index contributed by atoms with van der Waals surface area (Å²) >= 11 is 0. The van der Waals surface area contributed by atoms with Gasteiger partial charge in [-0.15, -0.1) is 0 Å². The molecule has 5 heteroatoms. The summed E-state index contributed by atoms with van der Waals surface area (Å²) in [6, 6.07) is 15.3. The van der Waals surface area contributed by atoms with Crippen molar-refractivity contribution in [2.24, 2.45) is 23.5 Å². The number of para-hydroxylation sites is 2. The van der Waals surface area contributed by atoms with E-state index in [9.17, 15) is 4.79 Å². The number of ether oxygens (including phenoxy) is 2. The van der Waals surface area contributed by atoms with Gasteiger partial charge >= 0.3 is 0 Å². The molecule has 2 aliphatic carbocycles. The van der Waals surface area contributed by atoms with Crippen LogP contribution < -0.4 is 20.5 Å². The van der Waals surface area contributed by atoms with Gasteiger partial charge in [-0.3, -0.25) is 4.79 Å². The number of amides is 1. The topological polar surface area (TPSA) is 73.6 Å². The van der Waals surface area contributed by atoms with Crippen LogP contribution in [0, 0.1) is 17.8 Å². The Balaban J connectivity index is 1.34. The van der Waals surface area contributed by atoms with E-state index in [4.69, 9.17) is 15.2 Å². The maximum absolute atomic E-state index is 12.6. The predicted octanol–water partition coefficient (Wildman–Crippen LogP) is 3.48. The van der Waals surface area contributed by atoms with Crippen molar-refractivity contribution in [2.75, 3.05) is 7.11 Å². The van der Waals surface area contributed by atoms with Gasteiger partial charge in [-0.1, -0.05) is 24.3 Å². The van der Waals surface area contributed by atoms with Crippen molar-refractivity contribution < 1.29 is 14.3 Å². The summed E-state index contributed by atoms with van der Waals surface area (Å²) in [5.74, 6) is 3.19. The molecule has 0 aromatic heterocycles. The van der Waals surface area contributed by atoms with Crippen LogP contribution in [0.3, 0.4) is 0 Å². The summed E-state index contributed by atoms with van der Waals surface area (Å²) in [6.07, 6.45) is 3.45. The molecule has 2 aromatic rings. The van der Waals surface area contributed by atoms with Gasteiger partial charge in [0.15, 0.2) is 11.5 Å². The van der Waals surface area contributed by atoms with E-state index < -0.39 is 0 Å². The molecule has 3 N–H and O–H groups in total. The minimum Gasteiger partial charge on any atom is -0.493 e. The van der Waals surface area contributed by atoms with Gasteiger partial charge in [0.25, 0.3) is 0 Å². The van der Waals surface area contributed by atoms with Crippen molar-refractivity contribution >= 4 is 5.91 Å². The first kappa shape index (κ1) is 17.9. The zero-order valence-corrected chi connectivity index (χ0v) is 15.6. The van der Waals surface area contributed by atoms with Crippen molar-refractivity contribution in [1.29, 1.82) is 0 Å². The SMILES string of the molecule is COc1ccccc1Oc1ccc(CNC(=O)C2C3CCC(C3)C2N)cc1. The van der Waals surface area contributed by atoms with E-state index in [1.54, 1.807) is 7.11 Å². The first-order valence-corrected chi connectivity index (χ1v) is 9.59. The lowest BCUT2D eigenvalue weighted by Gasteiger charge is -2.27. The molecule has 142 valence electrons. The Morgan fingerprint density at radius 3 is 2.44 bits per heavy atom. The normalized spacial score (nSPS) is 26.0. The van der Waals surface area contributed by atoms with Crippen LogP contribution in [0.4, 0.5) is 0 Å². The van der Waals surface area contributed by atoms with Crippen molar-refractivity contribution in [3.05, 3.63) is 54.1 Å². The lowest BCUT2D eigenvalue weighted by Crippen LogP contribution is -2.45. The van der Waals surface area contributed by atoms with E-state index in [1.165, 1.54) is 6.42 Å². The third-order valence-electron chi connectivity index (χ3n) is 5.97. The van der Waals surface area contributed by atoms with Crippen LogP contribution in [0.2, 0.25) is 0 Å². The first-order chi connectivity index (χ1) is 13.2. The number of nitrogens with one attached hydrogen (secondary N) is 1. The van der Waals surface area contributed by atoms with Crippen LogP contribution in [0.25, 0.3) is 0 Å². The van der Waals surface area contributed by atoms with Crippen LogP contribution in [-0.2, 0) is 11.3 Å². The van der Waals surface area contributed by atoms with Crippen molar-refractivity contribution in [3.8, 4) is 17.2 Å². The average molecular weight is 366 g/mol. The van der Waals surface area contributed by atoms with Crippen molar-refractivity contribution in [3.63, 3.8) is 0 Å². The van der Waals surface area contributed by atoms with Gasteiger partial charge in [0, 0.05) is 12.6 Å². The average Bonchev–Trinajstić information content (AvgIpc) is 3.29. The second-order valence-electron chi connectivity index (χ2n) is 7.55. The Hall–Kier alpha value is -2.53. The van der Waals surface area contributed by atoms with Crippen LogP contribution in [0.1, 0.15) is 24.8 Å². The number of rotatable bonds is 6. The number of carbonyl (C=O) groups excluding carboxylic acids is 1. The second kappa shape index (κ2) is 7.61. The molecule has 2 aromatic carbocycles. The van der Waals surface area contributed by atoms with Gasteiger partial charge in [-0.2, -0.15) is 0 Å². The minimum absolute atomic E-state index is 0.0168. The molecular formula is C22H26N2O3. The molecule has 2 saturated carbocycles. The van der Waals surface area contributed by atoms with Crippen molar-refractivity contribution in [1.82, 2.24) is 5.32 Å². The summed E-state index contributed by atoms with van der Waals surface area (Å²) in [5, 5.41) is 3.06. The van der Waals surface area contributed by atoms with Gasteiger partial charge in [0.1, 0.15) is 5.75 Å². The third-order valence-corrected chi connectivity index (χ3v) is 5.97. The molecule has 0 aliphatic heterocycles. The summed E-state index contributed by atoms with van der Waals surface area (Å²) in [6.45, 7) is 0.508. The quantitative estimate of drug-likeness (QED) is 0.821. The van der Waals surface area contributed by atoms with Gasteiger partial charge < -0.3 is 20.5 Å². The summed E-state index contributed by atoms with van der Waals surface area (Å²) in [7, 11) is 1.62. The highest BCUT2D eigenvalue weighted by Crippen LogP contribution is 2.47. The molecule has 0 heterocycles. The first-order valence-electron chi connectivity index (χ1n) is 9.59. The summed E-state index contributed by atoms with van der Waals surface area (Å²) < 4.78 is 11.2. The molecule has 2 fully saturated rings. The highest BCUT2D eigenvalue weighted by Gasteiger charge is 2.48. The maximum Gasteiger partial charge on any atom is 0.225 e. The van der Waals surface area contributed by atoms with Crippen LogP contribution in [-0.4, -0.2) is 19.1 Å². The largest absolute Gasteiger partial charge is 0.493 e. The van der Waals surface area contributed by atoms with E-state index in [2.05, 4.69) is 5.32 Å². The van der Waals surface area contributed by atoms with Gasteiger partial charge in [0.05, 0.1) is 13.0 Å². The van der Waals surface area contributed by atoms with Gasteiger partial charge in [-0.05, 0) is 60.9 Å². The molecule has 2 bridgehead atoms. The number of hydrogen-bond donors (Lipinski definition) is 2. The zero-order valence-electron chi connectivity index (χ0n) is 15.6. The number of nitrogens with two attached hydrogens (primary N) is 1. The Labute approximate surface area is 159 Å². The molecule has 0 spiro atoms. The van der Waals surface area contributed by atoms with Crippen molar-refractivity contribution in [2.45, 2.75) is 31.8 Å². The number of methoxy groups -OCH3 is 1. The smallest absolute Gasteiger partial charge is 0.225 e. The highest BCUT2D eigenvalue weighted by atomic mass is 16.5. The second-order valence-corrected chi connectivity index (χ2v) is 7.55. The lowest BCUT2D eigenvalue weighted by atomic mass is 9.84. The fraction of sp³-hybridized carbons (Fsp3) is 0.409. The molecule has 5 nitrogen and oxygen atoms in total. The highest BCUT2D eigenvalue weighted by molar-refractivity contribution is 5.80. The Bertz CT molecular complexity index is 803. The van der Waals surface area contributed by atoms with Gasteiger partial charge in [-0.25, -0.2) is 0 Å². The molecular weight excluding hydrogens is 340 g/mol. The van der Waals surface area contributed by atoms with E-state index in [0.717, 1.165) is 24.2 Å². The molecule has 4 atom stereocenters. The fourth-order valence-corrected chi connectivity index (χ4v) is 4.54. The maximum atomic E-state index is 12.6. The third kappa shape index (κ3) is 3.65. The van der Waals surface area contributed by atoms with E-state index in [0.29, 0.717) is 29.9 Å². The fourth-order valence-electron chi connectivity index (χ4n) is 4.54. The Morgan fingerprint density at radius 2 is 1.78 bits per heavy atom. The predicted molar refractivity (Wildman–Crippen MR) is 104 cm³/mol. The molecule has 2 aliphatic rings. The summed E-state index contributed by atoms with van der Waals surface area (Å²) in [4.78, 5) is 12.6. The molecule has 1 amide bonds. The standard InChI is InChI=1S/C22H26N2O3/c1-26-18-4-2-3-5-19(18)27-17-10-6-14(7-11-17)13-24-22(25)20-15-8-9-16(12-15)21(20)23/h2-7,10-11,15-16,20-21H,8-9,12-13,23H2,1H3,(H,24,25). The van der Waals surface area contributed by atoms with E-state index in [-0.39, 0.29) is 17.9 Å². The van der Waals surface area contributed by atoms with Crippen LogP contribution in [0.5, 0.6) is 17.2 Å².